The second-order valence-corrected chi connectivity index (χ2v) is 8.88. The zero-order valence-corrected chi connectivity index (χ0v) is 19.3. The van der Waals surface area contributed by atoms with Crippen LogP contribution < -0.4 is 4.74 Å². The predicted octanol–water partition coefficient (Wildman–Crippen LogP) is 4.86. The number of halogens is 2. The SMILES string of the molecule is C=CCN(CC(=O)N1CCc2sccc2[C@H]1COc1cccc(F)c1)C(=O)c1ccccc1F. The molecule has 0 unspecified atom stereocenters. The summed E-state index contributed by atoms with van der Waals surface area (Å²) in [5, 5.41) is 1.97. The number of nitrogens with zero attached hydrogens (tertiary/aromatic N) is 2. The second-order valence-electron chi connectivity index (χ2n) is 7.87. The lowest BCUT2D eigenvalue weighted by molar-refractivity contribution is -0.135. The van der Waals surface area contributed by atoms with Crippen molar-refractivity contribution in [2.45, 2.75) is 12.5 Å². The molecule has 3 aromatic rings. The summed E-state index contributed by atoms with van der Waals surface area (Å²) in [6, 6.07) is 13.1. The fourth-order valence-corrected chi connectivity index (χ4v) is 4.97. The zero-order valence-electron chi connectivity index (χ0n) is 18.5. The number of hydrogen-bond donors (Lipinski definition) is 0. The fourth-order valence-electron chi connectivity index (χ4n) is 4.04. The molecular formula is C26H24F2N2O3S. The largest absolute Gasteiger partial charge is 0.491 e. The Morgan fingerprint density at radius 1 is 1.18 bits per heavy atom. The summed E-state index contributed by atoms with van der Waals surface area (Å²) < 4.78 is 33.6. The monoisotopic (exact) mass is 482 g/mol. The molecule has 2 aromatic carbocycles. The number of ether oxygens (including phenoxy) is 1. The summed E-state index contributed by atoms with van der Waals surface area (Å²) in [6.45, 7) is 4.13. The number of fused-ring (bicyclic) bond motifs is 1. The molecule has 1 aliphatic rings. The first-order valence-electron chi connectivity index (χ1n) is 10.9. The van der Waals surface area contributed by atoms with Crippen molar-refractivity contribution in [3.63, 3.8) is 0 Å². The van der Waals surface area contributed by atoms with Gasteiger partial charge in [-0.1, -0.05) is 24.3 Å². The molecule has 1 aliphatic heterocycles. The summed E-state index contributed by atoms with van der Waals surface area (Å²) in [7, 11) is 0. The first-order chi connectivity index (χ1) is 16.5. The first kappa shape index (κ1) is 23.6. The molecule has 176 valence electrons. The third kappa shape index (κ3) is 5.17. The van der Waals surface area contributed by atoms with Crippen LogP contribution >= 0.6 is 11.3 Å². The highest BCUT2D eigenvalue weighted by molar-refractivity contribution is 7.10. The van der Waals surface area contributed by atoms with Gasteiger partial charge in [0.1, 0.15) is 30.5 Å². The van der Waals surface area contributed by atoms with Crippen LogP contribution in [0, 0.1) is 11.6 Å². The Balaban J connectivity index is 1.53. The van der Waals surface area contributed by atoms with E-state index in [1.165, 1.54) is 46.2 Å². The van der Waals surface area contributed by atoms with Crippen molar-refractivity contribution in [2.24, 2.45) is 0 Å². The highest BCUT2D eigenvalue weighted by atomic mass is 32.1. The van der Waals surface area contributed by atoms with Gasteiger partial charge in [-0.05, 0) is 47.7 Å². The van der Waals surface area contributed by atoms with E-state index in [1.54, 1.807) is 34.4 Å². The van der Waals surface area contributed by atoms with Crippen molar-refractivity contribution in [2.75, 3.05) is 26.2 Å². The number of rotatable bonds is 8. The molecule has 0 bridgehead atoms. The molecule has 0 radical (unpaired) electrons. The van der Waals surface area contributed by atoms with Gasteiger partial charge in [-0.2, -0.15) is 0 Å². The van der Waals surface area contributed by atoms with Crippen molar-refractivity contribution in [1.82, 2.24) is 9.80 Å². The highest BCUT2D eigenvalue weighted by Gasteiger charge is 2.33. The highest BCUT2D eigenvalue weighted by Crippen LogP contribution is 2.34. The first-order valence-corrected chi connectivity index (χ1v) is 11.7. The molecule has 5 nitrogen and oxygen atoms in total. The Hall–Kier alpha value is -3.52. The van der Waals surface area contributed by atoms with Crippen LogP contribution in [0.1, 0.15) is 26.8 Å². The van der Waals surface area contributed by atoms with Gasteiger partial charge in [-0.25, -0.2) is 8.78 Å². The standard InChI is InChI=1S/C26H24F2N2O3S/c1-2-12-29(26(32)20-8-3-4-9-22(20)28)16-25(31)30-13-10-24-21(11-14-34-24)23(30)17-33-19-7-5-6-18(27)15-19/h2-9,11,14-15,23H,1,10,12-13,16-17H2/t23-/m1/s1. The molecule has 8 heteroatoms. The molecule has 34 heavy (non-hydrogen) atoms. The lowest BCUT2D eigenvalue weighted by Gasteiger charge is -2.37. The van der Waals surface area contributed by atoms with Crippen molar-refractivity contribution in [3.8, 4) is 5.75 Å². The van der Waals surface area contributed by atoms with E-state index >= 15 is 0 Å². The summed E-state index contributed by atoms with van der Waals surface area (Å²) in [5.74, 6) is -1.53. The lowest BCUT2D eigenvalue weighted by atomic mass is 10.0. The van der Waals surface area contributed by atoms with Gasteiger partial charge in [0.25, 0.3) is 5.91 Å². The van der Waals surface area contributed by atoms with Gasteiger partial charge in [0.2, 0.25) is 5.91 Å². The number of benzene rings is 2. The maximum absolute atomic E-state index is 14.2. The van der Waals surface area contributed by atoms with Crippen molar-refractivity contribution >= 4 is 23.2 Å². The van der Waals surface area contributed by atoms with Crippen molar-refractivity contribution < 1.29 is 23.1 Å². The summed E-state index contributed by atoms with van der Waals surface area (Å²) in [5.41, 5.74) is 0.888. The van der Waals surface area contributed by atoms with E-state index in [2.05, 4.69) is 6.58 Å². The van der Waals surface area contributed by atoms with Crippen LogP contribution in [0.4, 0.5) is 8.78 Å². The van der Waals surface area contributed by atoms with E-state index in [0.29, 0.717) is 18.7 Å². The smallest absolute Gasteiger partial charge is 0.257 e. The number of thiophene rings is 1. The molecule has 0 saturated heterocycles. The van der Waals surface area contributed by atoms with Gasteiger partial charge >= 0.3 is 0 Å². The van der Waals surface area contributed by atoms with Crippen LogP contribution in [0.25, 0.3) is 0 Å². The quantitative estimate of drug-likeness (QED) is 0.431. The minimum atomic E-state index is -0.642. The van der Waals surface area contributed by atoms with Gasteiger partial charge < -0.3 is 14.5 Å². The average Bonchev–Trinajstić information content (AvgIpc) is 3.31. The van der Waals surface area contributed by atoms with Crippen LogP contribution in [0.15, 0.2) is 72.6 Å². The molecule has 0 aliphatic carbocycles. The van der Waals surface area contributed by atoms with E-state index in [0.717, 1.165) is 5.56 Å². The minimum absolute atomic E-state index is 0.0955. The number of amides is 2. The molecule has 4 rings (SSSR count). The van der Waals surface area contributed by atoms with Gasteiger partial charge in [-0.3, -0.25) is 9.59 Å². The predicted molar refractivity (Wildman–Crippen MR) is 127 cm³/mol. The maximum atomic E-state index is 14.2. The average molecular weight is 483 g/mol. The van der Waals surface area contributed by atoms with Crippen LogP contribution in [0.3, 0.4) is 0 Å². The van der Waals surface area contributed by atoms with Crippen LogP contribution in [-0.4, -0.2) is 47.9 Å². The van der Waals surface area contributed by atoms with Crippen LogP contribution in [0.2, 0.25) is 0 Å². The van der Waals surface area contributed by atoms with Crippen LogP contribution in [-0.2, 0) is 11.2 Å². The molecule has 0 N–H and O–H groups in total. The Morgan fingerprint density at radius 2 is 2.00 bits per heavy atom. The van der Waals surface area contributed by atoms with Crippen molar-refractivity contribution in [1.29, 1.82) is 0 Å². The minimum Gasteiger partial charge on any atom is -0.491 e. The molecule has 2 heterocycles. The Kier molecular flexibility index (Phi) is 7.37. The van der Waals surface area contributed by atoms with E-state index in [1.807, 2.05) is 11.4 Å². The topological polar surface area (TPSA) is 49.9 Å². The molecule has 0 fully saturated rings. The van der Waals surface area contributed by atoms with Gasteiger partial charge in [-0.15, -0.1) is 17.9 Å². The third-order valence-corrected chi connectivity index (χ3v) is 6.68. The maximum Gasteiger partial charge on any atom is 0.257 e. The molecule has 0 saturated carbocycles. The summed E-state index contributed by atoms with van der Waals surface area (Å²) >= 11 is 1.62. The molecule has 1 atom stereocenters. The summed E-state index contributed by atoms with van der Waals surface area (Å²) in [4.78, 5) is 30.5. The van der Waals surface area contributed by atoms with Crippen molar-refractivity contribution in [3.05, 3.63) is 100 Å². The van der Waals surface area contributed by atoms with Gasteiger partial charge in [0.15, 0.2) is 0 Å². The Labute approximate surface area is 200 Å². The van der Waals surface area contributed by atoms with E-state index in [4.69, 9.17) is 4.74 Å². The second kappa shape index (κ2) is 10.6. The van der Waals surface area contributed by atoms with Gasteiger partial charge in [0.05, 0.1) is 11.6 Å². The number of carbonyl (C=O) groups is 2. The van der Waals surface area contributed by atoms with E-state index in [9.17, 15) is 18.4 Å². The third-order valence-electron chi connectivity index (χ3n) is 5.69. The number of hydrogen-bond acceptors (Lipinski definition) is 4. The van der Waals surface area contributed by atoms with Crippen LogP contribution in [0.5, 0.6) is 5.75 Å². The zero-order chi connectivity index (χ0) is 24.1. The summed E-state index contributed by atoms with van der Waals surface area (Å²) in [6.07, 6.45) is 2.20. The Morgan fingerprint density at radius 3 is 2.76 bits per heavy atom. The van der Waals surface area contributed by atoms with Gasteiger partial charge in [0, 0.05) is 24.0 Å². The lowest BCUT2D eigenvalue weighted by Crippen LogP contribution is -2.48. The van der Waals surface area contributed by atoms with E-state index in [-0.39, 0.29) is 37.2 Å². The molecule has 1 aromatic heterocycles. The fraction of sp³-hybridized carbons (Fsp3) is 0.231. The molecule has 2 amide bonds. The Bertz CT molecular complexity index is 1200. The molecule has 0 spiro atoms. The molecular weight excluding hydrogens is 458 g/mol. The van der Waals surface area contributed by atoms with E-state index < -0.39 is 17.5 Å². The normalized spacial score (nSPS) is 14.9. The number of carbonyl (C=O) groups excluding carboxylic acids is 2.